The van der Waals surface area contributed by atoms with E-state index in [2.05, 4.69) is 10.0 Å². The van der Waals surface area contributed by atoms with Gasteiger partial charge in [-0.05, 0) is 37.1 Å². The van der Waals surface area contributed by atoms with Crippen LogP contribution < -0.4 is 14.8 Å². The maximum Gasteiger partial charge on any atom is 0.335 e. The Morgan fingerprint density at radius 2 is 1.69 bits per heavy atom. The van der Waals surface area contributed by atoms with Gasteiger partial charge in [0.05, 0.1) is 11.3 Å². The van der Waals surface area contributed by atoms with Crippen molar-refractivity contribution in [2.45, 2.75) is 44.4 Å². The third-order valence-corrected chi connectivity index (χ3v) is 5.69. The van der Waals surface area contributed by atoms with Crippen LogP contribution in [0.1, 0.15) is 49.9 Å². The van der Waals surface area contributed by atoms with Gasteiger partial charge >= 0.3 is 5.97 Å². The zero-order valence-electron chi connectivity index (χ0n) is 16.8. The van der Waals surface area contributed by atoms with E-state index in [0.29, 0.717) is 24.4 Å². The summed E-state index contributed by atoms with van der Waals surface area (Å²) in [6, 6.07) is 11.3. The number of hydrogen-bond donors (Lipinski definition) is 3. The van der Waals surface area contributed by atoms with Crippen LogP contribution in [-0.4, -0.2) is 32.6 Å². The molecule has 8 heteroatoms. The number of nitrogens with one attached hydrogen (secondary N) is 2. The van der Waals surface area contributed by atoms with Crippen LogP contribution in [0.15, 0.2) is 47.4 Å². The van der Waals surface area contributed by atoms with Gasteiger partial charge in [-0.25, -0.2) is 17.9 Å². The molecule has 0 saturated carbocycles. The minimum absolute atomic E-state index is 0.0845. The second kappa shape index (κ2) is 10.8. The Kier molecular flexibility index (Phi) is 8.48. The van der Waals surface area contributed by atoms with E-state index in [4.69, 9.17) is 4.74 Å². The topological polar surface area (TPSA) is 105 Å². The molecule has 7 nitrogen and oxygen atoms in total. The lowest BCUT2D eigenvalue weighted by Crippen LogP contribution is -2.25. The zero-order valence-corrected chi connectivity index (χ0v) is 17.6. The molecule has 0 saturated heterocycles. The number of anilines is 1. The van der Waals surface area contributed by atoms with Crippen molar-refractivity contribution in [2.24, 2.45) is 0 Å². The van der Waals surface area contributed by atoms with Crippen LogP contribution in [0.3, 0.4) is 0 Å². The van der Waals surface area contributed by atoms with Gasteiger partial charge in [-0.2, -0.15) is 0 Å². The highest BCUT2D eigenvalue weighted by Gasteiger charge is 2.25. The number of carboxylic acid groups (broad SMARTS) is 1. The van der Waals surface area contributed by atoms with Crippen molar-refractivity contribution < 1.29 is 23.1 Å². The molecule has 0 aliphatic carbocycles. The lowest BCUT2D eigenvalue weighted by Gasteiger charge is -2.18. The fourth-order valence-electron chi connectivity index (χ4n) is 2.63. The van der Waals surface area contributed by atoms with Crippen LogP contribution in [0, 0.1) is 0 Å². The summed E-state index contributed by atoms with van der Waals surface area (Å²) in [6.07, 6.45) is 3.28. The predicted octanol–water partition coefficient (Wildman–Crippen LogP) is 4.47. The first-order chi connectivity index (χ1) is 13.9. The Hall–Kier alpha value is -2.58. The van der Waals surface area contributed by atoms with Crippen molar-refractivity contribution in [3.8, 4) is 11.5 Å². The highest BCUT2D eigenvalue weighted by Crippen LogP contribution is 2.37. The molecule has 0 heterocycles. The van der Waals surface area contributed by atoms with Crippen molar-refractivity contribution in [1.82, 2.24) is 4.72 Å². The first kappa shape index (κ1) is 22.7. The molecule has 0 atom stereocenters. The second-order valence-corrected chi connectivity index (χ2v) is 8.34. The van der Waals surface area contributed by atoms with Gasteiger partial charge in [-0.15, -0.1) is 0 Å². The molecule has 0 amide bonds. The molecule has 0 unspecified atom stereocenters. The number of sulfonamides is 1. The van der Waals surface area contributed by atoms with Gasteiger partial charge in [0.2, 0.25) is 10.0 Å². The van der Waals surface area contributed by atoms with E-state index in [1.807, 2.05) is 19.9 Å². The Morgan fingerprint density at radius 1 is 1.03 bits per heavy atom. The molecular weight excluding hydrogens is 392 g/mol. The highest BCUT2D eigenvalue weighted by atomic mass is 32.2. The molecular formula is C21H28N2O5S. The number of para-hydroxylation sites is 1. The third kappa shape index (κ3) is 6.47. The maximum absolute atomic E-state index is 13.0. The molecule has 0 fully saturated rings. The summed E-state index contributed by atoms with van der Waals surface area (Å²) < 4.78 is 34.4. The number of hydrogen-bond acceptors (Lipinski definition) is 5. The predicted molar refractivity (Wildman–Crippen MR) is 113 cm³/mol. The summed E-state index contributed by atoms with van der Waals surface area (Å²) >= 11 is 0. The Bertz CT molecular complexity index is 914. The van der Waals surface area contributed by atoms with Crippen LogP contribution in [0.2, 0.25) is 0 Å². The van der Waals surface area contributed by atoms with Crippen molar-refractivity contribution in [1.29, 1.82) is 0 Å². The van der Waals surface area contributed by atoms with Gasteiger partial charge in [0.25, 0.3) is 0 Å². The van der Waals surface area contributed by atoms with E-state index in [9.17, 15) is 18.3 Å². The van der Waals surface area contributed by atoms with Crippen molar-refractivity contribution in [2.75, 3.05) is 18.4 Å². The number of carboxylic acids is 1. The summed E-state index contributed by atoms with van der Waals surface area (Å²) in [6.45, 7) is 4.82. The molecule has 3 N–H and O–H groups in total. The smallest absolute Gasteiger partial charge is 0.335 e. The van der Waals surface area contributed by atoms with E-state index in [1.54, 1.807) is 24.3 Å². The summed E-state index contributed by atoms with van der Waals surface area (Å²) in [7, 11) is -3.97. The maximum atomic E-state index is 13.0. The van der Waals surface area contributed by atoms with Gasteiger partial charge in [0, 0.05) is 13.1 Å². The summed E-state index contributed by atoms with van der Waals surface area (Å²) in [5.74, 6) is -0.666. The van der Waals surface area contributed by atoms with E-state index < -0.39 is 16.0 Å². The average Bonchev–Trinajstić information content (AvgIpc) is 2.69. The van der Waals surface area contributed by atoms with E-state index in [-0.39, 0.29) is 22.8 Å². The number of ether oxygens (including phenoxy) is 1. The van der Waals surface area contributed by atoms with Crippen LogP contribution in [0.25, 0.3) is 0 Å². The molecule has 0 bridgehead atoms. The van der Waals surface area contributed by atoms with Crippen molar-refractivity contribution in [3.05, 3.63) is 48.0 Å². The van der Waals surface area contributed by atoms with E-state index in [0.717, 1.165) is 25.3 Å². The Balaban J connectivity index is 2.57. The summed E-state index contributed by atoms with van der Waals surface area (Å²) in [5.41, 5.74) is 0.207. The minimum Gasteiger partial charge on any atom is -0.478 e. The van der Waals surface area contributed by atoms with Gasteiger partial charge in [0.15, 0.2) is 5.75 Å². The molecule has 0 radical (unpaired) electrons. The van der Waals surface area contributed by atoms with Crippen LogP contribution in [-0.2, 0) is 10.0 Å². The monoisotopic (exact) mass is 420 g/mol. The molecule has 2 aromatic rings. The standard InChI is InChI=1S/C21H28N2O5S/c1-3-5-12-22-18-14-16(21(24)25)15-19(29(26,27)23-13-6-4-2)20(18)28-17-10-8-7-9-11-17/h7-11,14-15,22-23H,3-6,12-13H2,1-2H3,(H,24,25). The van der Waals surface area contributed by atoms with Gasteiger partial charge < -0.3 is 15.2 Å². The Labute approximate surface area is 172 Å². The normalized spacial score (nSPS) is 11.2. The number of aromatic carboxylic acids is 1. The lowest BCUT2D eigenvalue weighted by atomic mass is 10.1. The zero-order chi connectivity index (χ0) is 21.3. The molecule has 2 aromatic carbocycles. The molecule has 158 valence electrons. The fraction of sp³-hybridized carbons (Fsp3) is 0.381. The second-order valence-electron chi connectivity index (χ2n) is 6.60. The molecule has 0 aliphatic heterocycles. The van der Waals surface area contributed by atoms with Gasteiger partial charge in [-0.3, -0.25) is 0 Å². The number of benzene rings is 2. The van der Waals surface area contributed by atoms with E-state index >= 15 is 0 Å². The molecule has 0 aliphatic rings. The first-order valence-electron chi connectivity index (χ1n) is 9.76. The number of rotatable bonds is 12. The number of carbonyl (C=O) groups is 1. The SMILES string of the molecule is CCCCNc1cc(C(=O)O)cc(S(=O)(=O)NCCCC)c1Oc1ccccc1. The van der Waals surface area contributed by atoms with Gasteiger partial charge in [-0.1, -0.05) is 44.9 Å². The van der Waals surface area contributed by atoms with Gasteiger partial charge in [0.1, 0.15) is 10.6 Å². The van der Waals surface area contributed by atoms with E-state index in [1.165, 1.54) is 6.07 Å². The largest absolute Gasteiger partial charge is 0.478 e. The Morgan fingerprint density at radius 3 is 2.31 bits per heavy atom. The first-order valence-corrected chi connectivity index (χ1v) is 11.2. The van der Waals surface area contributed by atoms with Crippen molar-refractivity contribution in [3.63, 3.8) is 0 Å². The molecule has 0 spiro atoms. The van der Waals surface area contributed by atoms with Crippen LogP contribution in [0.4, 0.5) is 5.69 Å². The molecule has 2 rings (SSSR count). The lowest BCUT2D eigenvalue weighted by molar-refractivity contribution is 0.0696. The fourth-order valence-corrected chi connectivity index (χ4v) is 3.88. The van der Waals surface area contributed by atoms with Crippen LogP contribution >= 0.6 is 0 Å². The summed E-state index contributed by atoms with van der Waals surface area (Å²) in [4.78, 5) is 11.4. The number of unbranched alkanes of at least 4 members (excludes halogenated alkanes) is 2. The van der Waals surface area contributed by atoms with Crippen molar-refractivity contribution >= 4 is 21.7 Å². The highest BCUT2D eigenvalue weighted by molar-refractivity contribution is 7.89. The molecule has 29 heavy (non-hydrogen) atoms. The minimum atomic E-state index is -3.97. The van der Waals surface area contributed by atoms with Crippen LogP contribution in [0.5, 0.6) is 11.5 Å². The third-order valence-electron chi connectivity index (χ3n) is 4.22. The summed E-state index contributed by atoms with van der Waals surface area (Å²) in [5, 5.41) is 12.6. The quantitative estimate of drug-likeness (QED) is 0.438. The molecule has 0 aromatic heterocycles. The average molecular weight is 421 g/mol.